The van der Waals surface area contributed by atoms with Crippen LogP contribution in [0.1, 0.15) is 64.9 Å². The first kappa shape index (κ1) is 21.7. The van der Waals surface area contributed by atoms with Crippen LogP contribution < -0.4 is 5.32 Å². The third kappa shape index (κ3) is 8.31. The molecule has 1 fully saturated rings. The summed E-state index contributed by atoms with van der Waals surface area (Å²) in [6, 6.07) is 9.60. The van der Waals surface area contributed by atoms with Crippen molar-refractivity contribution in [2.45, 2.75) is 83.6 Å². The first-order valence-corrected chi connectivity index (χ1v) is 10.1. The van der Waals surface area contributed by atoms with E-state index in [-0.39, 0.29) is 12.6 Å². The Bertz CT molecular complexity index is 549. The maximum Gasteiger partial charge on any atom is 0.407 e. The van der Waals surface area contributed by atoms with Gasteiger partial charge in [0.1, 0.15) is 11.7 Å². The fraction of sp³-hybridized carbons (Fsp3) is 0.682. The molecule has 2 rings (SSSR count). The van der Waals surface area contributed by atoms with E-state index in [1.54, 1.807) is 0 Å². The van der Waals surface area contributed by atoms with Crippen LogP contribution in [0.4, 0.5) is 4.79 Å². The summed E-state index contributed by atoms with van der Waals surface area (Å²) in [5.74, 6) is 0.549. The molecule has 1 aliphatic carbocycles. The van der Waals surface area contributed by atoms with Gasteiger partial charge < -0.3 is 19.9 Å². The average molecular weight is 378 g/mol. The Morgan fingerprint density at radius 2 is 1.85 bits per heavy atom. The van der Waals surface area contributed by atoms with E-state index < -0.39 is 17.8 Å². The van der Waals surface area contributed by atoms with Crippen molar-refractivity contribution in [2.24, 2.45) is 5.92 Å². The van der Waals surface area contributed by atoms with Crippen LogP contribution in [-0.4, -0.2) is 35.6 Å². The van der Waals surface area contributed by atoms with Gasteiger partial charge in [0, 0.05) is 0 Å². The van der Waals surface area contributed by atoms with Gasteiger partial charge in [-0.05, 0) is 38.7 Å². The van der Waals surface area contributed by atoms with Gasteiger partial charge in [-0.1, -0.05) is 62.4 Å². The zero-order valence-electron chi connectivity index (χ0n) is 16.9. The second-order valence-electron chi connectivity index (χ2n) is 8.51. The average Bonchev–Trinajstić information content (AvgIpc) is 2.62. The standard InChI is InChI=1S/C22H35NO4/c1-22(2,3)27-21(25)23-19(14-17-10-6-4-7-11-17)20(15-24)26-16-18-12-8-5-9-13-18/h5,8-9,12-13,17,19-20,24H,4,6-7,10-11,14-16H2,1-3H3,(H,23,25)/t19-,20-/m0/s1. The maximum absolute atomic E-state index is 12.3. The van der Waals surface area contributed by atoms with Crippen molar-refractivity contribution < 1.29 is 19.4 Å². The molecule has 0 saturated heterocycles. The molecule has 1 aliphatic rings. The smallest absolute Gasteiger partial charge is 0.407 e. The van der Waals surface area contributed by atoms with Crippen molar-refractivity contribution in [3.05, 3.63) is 35.9 Å². The normalized spacial score (nSPS) is 17.9. The Morgan fingerprint density at radius 3 is 2.44 bits per heavy atom. The SMILES string of the molecule is CC(C)(C)OC(=O)N[C@@H](CC1CCCCC1)[C@H](CO)OCc1ccccc1. The number of hydrogen-bond acceptors (Lipinski definition) is 4. The Hall–Kier alpha value is -1.59. The number of benzene rings is 1. The Balaban J connectivity index is 2.01. The van der Waals surface area contributed by atoms with Crippen molar-refractivity contribution >= 4 is 6.09 Å². The molecule has 1 amide bonds. The Kier molecular flexibility index (Phi) is 8.58. The molecular formula is C22H35NO4. The monoisotopic (exact) mass is 377 g/mol. The van der Waals surface area contributed by atoms with E-state index >= 15 is 0 Å². The molecule has 5 nitrogen and oxygen atoms in total. The summed E-state index contributed by atoms with van der Waals surface area (Å²) >= 11 is 0. The van der Waals surface area contributed by atoms with Crippen molar-refractivity contribution in [1.82, 2.24) is 5.32 Å². The van der Waals surface area contributed by atoms with Gasteiger partial charge in [-0.15, -0.1) is 0 Å². The summed E-state index contributed by atoms with van der Waals surface area (Å²) in [6.07, 6.45) is 5.99. The van der Waals surface area contributed by atoms with Gasteiger partial charge in [0.15, 0.2) is 0 Å². The van der Waals surface area contributed by atoms with Crippen LogP contribution in [0.25, 0.3) is 0 Å². The van der Waals surface area contributed by atoms with Crippen molar-refractivity contribution in [3.63, 3.8) is 0 Å². The minimum absolute atomic E-state index is 0.139. The summed E-state index contributed by atoms with van der Waals surface area (Å²) in [5, 5.41) is 12.9. The molecule has 0 bridgehead atoms. The second-order valence-corrected chi connectivity index (χ2v) is 8.51. The Morgan fingerprint density at radius 1 is 1.19 bits per heavy atom. The minimum Gasteiger partial charge on any atom is -0.444 e. The molecule has 0 aliphatic heterocycles. The molecule has 27 heavy (non-hydrogen) atoms. The Labute approximate surface area is 163 Å². The number of alkyl carbamates (subject to hydrolysis) is 1. The van der Waals surface area contributed by atoms with Crippen LogP contribution in [0.15, 0.2) is 30.3 Å². The zero-order valence-corrected chi connectivity index (χ0v) is 16.9. The summed E-state index contributed by atoms with van der Waals surface area (Å²) in [6.45, 7) is 5.80. The molecule has 0 aromatic heterocycles. The summed E-state index contributed by atoms with van der Waals surface area (Å²) in [4.78, 5) is 12.3. The number of ether oxygens (including phenoxy) is 2. The molecule has 0 unspecified atom stereocenters. The van der Waals surface area contributed by atoms with E-state index in [2.05, 4.69) is 5.32 Å². The van der Waals surface area contributed by atoms with Gasteiger partial charge in [0.25, 0.3) is 0 Å². The lowest BCUT2D eigenvalue weighted by Crippen LogP contribution is -2.48. The first-order chi connectivity index (χ1) is 12.9. The predicted molar refractivity (Wildman–Crippen MR) is 106 cm³/mol. The number of aliphatic hydroxyl groups is 1. The summed E-state index contributed by atoms with van der Waals surface area (Å²) in [5.41, 5.74) is 0.489. The topological polar surface area (TPSA) is 67.8 Å². The van der Waals surface area contributed by atoms with E-state index in [1.807, 2.05) is 51.1 Å². The molecule has 2 N–H and O–H groups in total. The molecular weight excluding hydrogens is 342 g/mol. The number of hydrogen-bond donors (Lipinski definition) is 2. The molecule has 1 aromatic rings. The zero-order chi connectivity index (χ0) is 19.7. The lowest BCUT2D eigenvalue weighted by Gasteiger charge is -2.32. The highest BCUT2D eigenvalue weighted by Gasteiger charge is 2.29. The van der Waals surface area contributed by atoms with Gasteiger partial charge in [-0.2, -0.15) is 0 Å². The van der Waals surface area contributed by atoms with Crippen LogP contribution in [0.2, 0.25) is 0 Å². The van der Waals surface area contributed by atoms with Gasteiger partial charge >= 0.3 is 6.09 Å². The summed E-state index contributed by atoms with van der Waals surface area (Å²) in [7, 11) is 0. The van der Waals surface area contributed by atoms with Gasteiger partial charge in [0.2, 0.25) is 0 Å². The van der Waals surface area contributed by atoms with E-state index in [1.165, 1.54) is 32.1 Å². The van der Waals surface area contributed by atoms with Crippen LogP contribution in [0.3, 0.4) is 0 Å². The third-order valence-corrected chi connectivity index (χ3v) is 4.95. The maximum atomic E-state index is 12.3. The van der Waals surface area contributed by atoms with Crippen molar-refractivity contribution in [2.75, 3.05) is 6.61 Å². The fourth-order valence-corrected chi connectivity index (χ4v) is 3.62. The number of rotatable bonds is 8. The molecule has 5 heteroatoms. The van der Waals surface area contributed by atoms with Crippen LogP contribution in [0, 0.1) is 5.92 Å². The highest BCUT2D eigenvalue weighted by Crippen LogP contribution is 2.28. The van der Waals surface area contributed by atoms with Crippen LogP contribution in [-0.2, 0) is 16.1 Å². The minimum atomic E-state index is -0.556. The first-order valence-electron chi connectivity index (χ1n) is 10.1. The predicted octanol–water partition coefficient (Wildman–Crippen LogP) is 4.43. The van der Waals surface area contributed by atoms with Crippen molar-refractivity contribution in [3.8, 4) is 0 Å². The van der Waals surface area contributed by atoms with Gasteiger partial charge in [-0.3, -0.25) is 0 Å². The molecule has 0 spiro atoms. The lowest BCUT2D eigenvalue weighted by molar-refractivity contribution is -0.0286. The molecule has 0 heterocycles. The molecule has 1 saturated carbocycles. The van der Waals surface area contributed by atoms with Crippen LogP contribution in [0.5, 0.6) is 0 Å². The van der Waals surface area contributed by atoms with Crippen molar-refractivity contribution in [1.29, 1.82) is 0 Å². The highest BCUT2D eigenvalue weighted by atomic mass is 16.6. The van der Waals surface area contributed by atoms with Gasteiger partial charge in [0.05, 0.1) is 19.3 Å². The van der Waals surface area contributed by atoms with E-state index in [0.29, 0.717) is 12.5 Å². The van der Waals surface area contributed by atoms with E-state index in [9.17, 15) is 9.90 Å². The number of carbonyl (C=O) groups is 1. The van der Waals surface area contributed by atoms with E-state index in [0.717, 1.165) is 12.0 Å². The molecule has 1 aromatic carbocycles. The molecule has 2 atom stereocenters. The number of carbonyl (C=O) groups excluding carboxylic acids is 1. The molecule has 0 radical (unpaired) electrons. The third-order valence-electron chi connectivity index (χ3n) is 4.95. The molecule has 152 valence electrons. The largest absolute Gasteiger partial charge is 0.444 e. The lowest BCUT2D eigenvalue weighted by atomic mass is 9.83. The summed E-state index contributed by atoms with van der Waals surface area (Å²) < 4.78 is 11.4. The quantitative estimate of drug-likeness (QED) is 0.703. The second kappa shape index (κ2) is 10.7. The van der Waals surface area contributed by atoms with Crippen LogP contribution >= 0.6 is 0 Å². The number of nitrogens with one attached hydrogen (secondary N) is 1. The number of amides is 1. The number of aliphatic hydroxyl groups excluding tert-OH is 1. The van der Waals surface area contributed by atoms with E-state index in [4.69, 9.17) is 9.47 Å². The van der Waals surface area contributed by atoms with Gasteiger partial charge in [-0.25, -0.2) is 4.79 Å². The highest BCUT2D eigenvalue weighted by molar-refractivity contribution is 5.68. The fourth-order valence-electron chi connectivity index (χ4n) is 3.62.